The molecule has 1 heterocycles. The van der Waals surface area contributed by atoms with Gasteiger partial charge in [0, 0.05) is 35.3 Å². The van der Waals surface area contributed by atoms with E-state index in [1.54, 1.807) is 25.3 Å². The number of anilines is 3. The summed E-state index contributed by atoms with van der Waals surface area (Å²) in [5.41, 5.74) is 2.11. The molecule has 0 aliphatic heterocycles. The van der Waals surface area contributed by atoms with Crippen LogP contribution in [0.2, 0.25) is 5.02 Å². The van der Waals surface area contributed by atoms with Crippen molar-refractivity contribution < 1.29 is 14.1 Å². The number of rotatable bonds is 10. The van der Waals surface area contributed by atoms with Gasteiger partial charge in [0.15, 0.2) is 5.82 Å². The van der Waals surface area contributed by atoms with Crippen LogP contribution in [0, 0.1) is 0 Å². The van der Waals surface area contributed by atoms with Crippen molar-refractivity contribution in [1.29, 1.82) is 0 Å². The molecular formula is C25H28ClN4O3P. The smallest absolute Gasteiger partial charge is 0.247 e. The first-order chi connectivity index (χ1) is 16.3. The maximum atomic E-state index is 13.4. The van der Waals surface area contributed by atoms with Crippen LogP contribution in [0.25, 0.3) is 0 Å². The number of methoxy groups -OCH3 is 1. The lowest BCUT2D eigenvalue weighted by Crippen LogP contribution is -2.14. The molecule has 0 spiro atoms. The van der Waals surface area contributed by atoms with Gasteiger partial charge in [0.2, 0.25) is 5.91 Å². The molecule has 0 atom stereocenters. The van der Waals surface area contributed by atoms with Crippen LogP contribution in [-0.2, 0) is 15.8 Å². The highest BCUT2D eigenvalue weighted by Crippen LogP contribution is 2.45. The van der Waals surface area contributed by atoms with Crippen LogP contribution in [0.5, 0.6) is 5.75 Å². The molecule has 0 fully saturated rings. The zero-order valence-corrected chi connectivity index (χ0v) is 21.1. The molecule has 0 bridgehead atoms. The van der Waals surface area contributed by atoms with E-state index < -0.39 is 7.14 Å². The van der Waals surface area contributed by atoms with E-state index in [2.05, 4.69) is 27.2 Å². The number of hydrogen-bond donors (Lipinski definition) is 2. The van der Waals surface area contributed by atoms with Crippen LogP contribution in [-0.4, -0.2) is 35.3 Å². The highest BCUT2D eigenvalue weighted by molar-refractivity contribution is 7.71. The van der Waals surface area contributed by atoms with Gasteiger partial charge in [0.25, 0.3) is 0 Å². The second-order valence-electron chi connectivity index (χ2n) is 7.54. The summed E-state index contributed by atoms with van der Waals surface area (Å²) in [5, 5.41) is 7.13. The minimum atomic E-state index is -2.53. The molecule has 34 heavy (non-hydrogen) atoms. The van der Waals surface area contributed by atoms with Gasteiger partial charge in [0.05, 0.1) is 19.0 Å². The summed E-state index contributed by atoms with van der Waals surface area (Å²) in [6.45, 7) is 7.35. The van der Waals surface area contributed by atoms with Gasteiger partial charge in [-0.05, 0) is 36.4 Å². The summed E-state index contributed by atoms with van der Waals surface area (Å²) in [4.78, 5) is 20.7. The summed E-state index contributed by atoms with van der Waals surface area (Å²) in [7, 11) is -0.951. The van der Waals surface area contributed by atoms with Crippen molar-refractivity contribution >= 4 is 47.1 Å². The molecule has 0 saturated carbocycles. The molecule has 178 valence electrons. The number of ether oxygens (including phenoxy) is 1. The molecule has 0 radical (unpaired) electrons. The predicted octanol–water partition coefficient (Wildman–Crippen LogP) is 5.63. The minimum Gasteiger partial charge on any atom is -0.496 e. The third-order valence-corrected chi connectivity index (χ3v) is 9.08. The number of hydrogen-bond acceptors (Lipinski definition) is 6. The zero-order valence-electron chi connectivity index (χ0n) is 19.5. The number of benzene rings is 2. The fraction of sp³-hybridized carbons (Fsp3) is 0.240. The molecule has 9 heteroatoms. The summed E-state index contributed by atoms with van der Waals surface area (Å²) in [6.07, 6.45) is 4.23. The zero-order chi connectivity index (χ0) is 24.7. The molecule has 1 aromatic heterocycles. The topological polar surface area (TPSA) is 93.2 Å². The summed E-state index contributed by atoms with van der Waals surface area (Å²) in [6, 6.07) is 12.9. The molecule has 2 N–H and O–H groups in total. The van der Waals surface area contributed by atoms with Crippen molar-refractivity contribution in [3.8, 4) is 5.75 Å². The minimum absolute atomic E-state index is 0.305. The largest absolute Gasteiger partial charge is 0.496 e. The first kappa shape index (κ1) is 25.5. The fourth-order valence-electron chi connectivity index (χ4n) is 3.56. The Labute approximate surface area is 205 Å². The normalized spacial score (nSPS) is 11.1. The van der Waals surface area contributed by atoms with E-state index in [4.69, 9.17) is 16.3 Å². The van der Waals surface area contributed by atoms with Crippen molar-refractivity contribution in [2.24, 2.45) is 0 Å². The van der Waals surface area contributed by atoms with Crippen LogP contribution >= 0.6 is 18.7 Å². The van der Waals surface area contributed by atoms with Crippen molar-refractivity contribution in [2.45, 2.75) is 20.3 Å². The first-order valence-electron chi connectivity index (χ1n) is 10.9. The Hall–Kier alpha value is -3.15. The van der Waals surface area contributed by atoms with E-state index in [1.807, 2.05) is 38.1 Å². The third-order valence-electron chi connectivity index (χ3n) is 5.49. The number of halogens is 1. The quantitative estimate of drug-likeness (QED) is 0.278. The van der Waals surface area contributed by atoms with Gasteiger partial charge in [0.1, 0.15) is 23.7 Å². The SMILES string of the molecule is C=CC(=O)Nc1ccc(OC)c(Cc2ncc(Cl)c(Nc3ccccc3P(=O)(CC)CC)n2)c1. The highest BCUT2D eigenvalue weighted by atomic mass is 35.5. The van der Waals surface area contributed by atoms with Gasteiger partial charge < -0.3 is 19.9 Å². The average molecular weight is 499 g/mol. The monoisotopic (exact) mass is 498 g/mol. The van der Waals surface area contributed by atoms with E-state index in [9.17, 15) is 9.36 Å². The molecule has 0 unspecified atom stereocenters. The highest BCUT2D eigenvalue weighted by Gasteiger charge is 2.23. The Kier molecular flexibility index (Phi) is 8.48. The van der Waals surface area contributed by atoms with Gasteiger partial charge in [-0.2, -0.15) is 0 Å². The van der Waals surface area contributed by atoms with Crippen molar-refractivity contribution in [2.75, 3.05) is 30.1 Å². The van der Waals surface area contributed by atoms with E-state index in [-0.39, 0.29) is 5.91 Å². The maximum Gasteiger partial charge on any atom is 0.247 e. The molecular weight excluding hydrogens is 471 g/mol. The van der Waals surface area contributed by atoms with E-state index >= 15 is 0 Å². The molecule has 0 aliphatic rings. The van der Waals surface area contributed by atoms with E-state index in [0.717, 1.165) is 10.9 Å². The predicted molar refractivity (Wildman–Crippen MR) is 140 cm³/mol. The van der Waals surface area contributed by atoms with Crippen molar-refractivity contribution in [3.05, 3.63) is 77.7 Å². The molecule has 2 aromatic carbocycles. The van der Waals surface area contributed by atoms with Gasteiger partial charge in [-0.25, -0.2) is 9.97 Å². The van der Waals surface area contributed by atoms with E-state index in [1.165, 1.54) is 12.3 Å². The van der Waals surface area contributed by atoms with E-state index in [0.29, 0.717) is 52.5 Å². The lowest BCUT2D eigenvalue weighted by atomic mass is 10.1. The van der Waals surface area contributed by atoms with Gasteiger partial charge >= 0.3 is 0 Å². The third kappa shape index (κ3) is 5.85. The van der Waals surface area contributed by atoms with Crippen molar-refractivity contribution in [3.63, 3.8) is 0 Å². The van der Waals surface area contributed by atoms with Crippen LogP contribution in [0.4, 0.5) is 17.2 Å². The Morgan fingerprint density at radius 2 is 1.94 bits per heavy atom. The van der Waals surface area contributed by atoms with Crippen LogP contribution in [0.1, 0.15) is 25.2 Å². The summed E-state index contributed by atoms with van der Waals surface area (Å²) >= 11 is 6.40. The van der Waals surface area contributed by atoms with Crippen molar-refractivity contribution in [1.82, 2.24) is 9.97 Å². The van der Waals surface area contributed by atoms with Gasteiger partial charge in [-0.1, -0.05) is 44.2 Å². The number of carbonyl (C=O) groups is 1. The Balaban J connectivity index is 1.93. The summed E-state index contributed by atoms with van der Waals surface area (Å²) < 4.78 is 18.9. The van der Waals surface area contributed by atoms with Crippen LogP contribution in [0.15, 0.2) is 61.3 Å². The average Bonchev–Trinajstić information content (AvgIpc) is 2.86. The Morgan fingerprint density at radius 1 is 1.21 bits per heavy atom. The van der Waals surface area contributed by atoms with Crippen LogP contribution < -0.4 is 20.7 Å². The number of nitrogens with zero attached hydrogens (tertiary/aromatic N) is 2. The lowest BCUT2D eigenvalue weighted by Gasteiger charge is -2.19. The van der Waals surface area contributed by atoms with Crippen LogP contribution in [0.3, 0.4) is 0 Å². The number of nitrogens with one attached hydrogen (secondary N) is 2. The molecule has 0 aliphatic carbocycles. The second-order valence-corrected chi connectivity index (χ2v) is 11.5. The lowest BCUT2D eigenvalue weighted by molar-refractivity contribution is -0.111. The van der Waals surface area contributed by atoms with Gasteiger partial charge in [-0.3, -0.25) is 4.79 Å². The number of para-hydroxylation sites is 1. The standard InChI is InChI=1S/C25H28ClN4O3P/c1-5-24(31)28-18-12-13-21(33-4)17(14-18)15-23-27-16-19(26)25(30-23)29-20-10-8-9-11-22(20)34(32,6-2)7-3/h5,8-14,16H,1,6-7,15H2,2-4H3,(H,28,31)(H,27,29,30). The Morgan fingerprint density at radius 3 is 2.62 bits per heavy atom. The number of carbonyl (C=O) groups excluding carboxylic acids is 1. The summed E-state index contributed by atoms with van der Waals surface area (Å²) in [5.74, 6) is 1.26. The first-order valence-corrected chi connectivity index (χ1v) is 13.4. The molecule has 3 aromatic rings. The number of amides is 1. The molecule has 3 rings (SSSR count). The molecule has 1 amide bonds. The second kappa shape index (κ2) is 11.3. The maximum absolute atomic E-state index is 13.4. The van der Waals surface area contributed by atoms with Gasteiger partial charge in [-0.15, -0.1) is 0 Å². The molecule has 0 saturated heterocycles. The fourth-order valence-corrected chi connectivity index (χ4v) is 5.76. The number of aromatic nitrogens is 2. The Bertz CT molecular complexity index is 1240. The molecule has 7 nitrogen and oxygen atoms in total.